The van der Waals surface area contributed by atoms with Crippen LogP contribution >= 0.6 is 0 Å². The molecule has 3 N–H and O–H groups in total. The van der Waals surface area contributed by atoms with E-state index in [4.69, 9.17) is 5.73 Å². The zero-order valence-corrected chi connectivity index (χ0v) is 7.41. The molecule has 0 aromatic rings. The predicted molar refractivity (Wildman–Crippen MR) is 46.0 cm³/mol. The van der Waals surface area contributed by atoms with Gasteiger partial charge in [-0.15, -0.1) is 0 Å². The van der Waals surface area contributed by atoms with Gasteiger partial charge in [0.1, 0.15) is 0 Å². The third-order valence-electron chi connectivity index (χ3n) is 2.48. The molecule has 0 bridgehead atoms. The van der Waals surface area contributed by atoms with E-state index in [2.05, 4.69) is 19.2 Å². The highest BCUT2D eigenvalue weighted by molar-refractivity contribution is 4.78. The van der Waals surface area contributed by atoms with E-state index in [-0.39, 0.29) is 0 Å². The van der Waals surface area contributed by atoms with E-state index < -0.39 is 0 Å². The van der Waals surface area contributed by atoms with Crippen molar-refractivity contribution in [1.82, 2.24) is 5.32 Å². The molecule has 2 heteroatoms. The van der Waals surface area contributed by atoms with Gasteiger partial charge in [-0.1, -0.05) is 13.8 Å². The Morgan fingerprint density at radius 1 is 1.30 bits per heavy atom. The Labute approximate surface area is 64.2 Å². The second-order valence-electron chi connectivity index (χ2n) is 2.94. The van der Waals surface area contributed by atoms with E-state index in [1.54, 1.807) is 0 Å². The lowest BCUT2D eigenvalue weighted by atomic mass is 9.82. The van der Waals surface area contributed by atoms with Crippen LogP contribution in [0.3, 0.4) is 0 Å². The van der Waals surface area contributed by atoms with Gasteiger partial charge >= 0.3 is 0 Å². The third kappa shape index (κ3) is 2.27. The summed E-state index contributed by atoms with van der Waals surface area (Å²) in [7, 11) is 1.98. The van der Waals surface area contributed by atoms with E-state index >= 15 is 0 Å². The van der Waals surface area contributed by atoms with E-state index in [0.717, 1.165) is 13.1 Å². The quantitative estimate of drug-likeness (QED) is 0.603. The van der Waals surface area contributed by atoms with Gasteiger partial charge in [-0.3, -0.25) is 0 Å². The largest absolute Gasteiger partial charge is 0.330 e. The molecule has 2 nitrogen and oxygen atoms in total. The minimum absolute atomic E-state index is 0.342. The van der Waals surface area contributed by atoms with Gasteiger partial charge < -0.3 is 11.1 Å². The first-order valence-corrected chi connectivity index (χ1v) is 4.09. The molecule has 0 aliphatic carbocycles. The molecule has 0 aliphatic heterocycles. The standard InChI is InChI=1S/C8H20N2/c1-4-8(5-2,6-9)7-10-3/h10H,4-7,9H2,1-3H3. The Kier molecular flexibility index (Phi) is 4.65. The molecule has 0 aromatic carbocycles. The van der Waals surface area contributed by atoms with Crippen molar-refractivity contribution >= 4 is 0 Å². The fourth-order valence-corrected chi connectivity index (χ4v) is 1.24. The van der Waals surface area contributed by atoms with Crippen molar-refractivity contribution in [2.24, 2.45) is 11.1 Å². The lowest BCUT2D eigenvalue weighted by molar-refractivity contribution is 0.266. The molecule has 0 fully saturated rings. The molecule has 62 valence electrons. The molecule has 0 saturated carbocycles. The van der Waals surface area contributed by atoms with Crippen molar-refractivity contribution in [3.63, 3.8) is 0 Å². The Morgan fingerprint density at radius 3 is 1.90 bits per heavy atom. The van der Waals surface area contributed by atoms with Crippen LogP contribution in [0.4, 0.5) is 0 Å². The Bertz CT molecular complexity index is 69.1. The molecule has 10 heavy (non-hydrogen) atoms. The minimum atomic E-state index is 0.342. The normalized spacial score (nSPS) is 12.0. The number of nitrogens with two attached hydrogens (primary N) is 1. The average Bonchev–Trinajstić information content (AvgIpc) is 2.01. The zero-order chi connectivity index (χ0) is 8.04. The Hall–Kier alpha value is -0.0800. The van der Waals surface area contributed by atoms with Gasteiger partial charge in [0.05, 0.1) is 0 Å². The van der Waals surface area contributed by atoms with Crippen LogP contribution in [0.15, 0.2) is 0 Å². The van der Waals surface area contributed by atoms with Crippen molar-refractivity contribution in [2.45, 2.75) is 26.7 Å². The first-order valence-electron chi connectivity index (χ1n) is 4.09. The smallest absolute Gasteiger partial charge is 0.00167 e. The topological polar surface area (TPSA) is 38.0 Å². The molecule has 0 aromatic heterocycles. The SMILES string of the molecule is CCC(CC)(CN)CNC. The van der Waals surface area contributed by atoms with Crippen molar-refractivity contribution < 1.29 is 0 Å². The van der Waals surface area contributed by atoms with Crippen LogP contribution in [-0.2, 0) is 0 Å². The summed E-state index contributed by atoms with van der Waals surface area (Å²) in [6.07, 6.45) is 2.34. The summed E-state index contributed by atoms with van der Waals surface area (Å²) in [5, 5.41) is 3.18. The molecular weight excluding hydrogens is 124 g/mol. The molecule has 0 amide bonds. The van der Waals surface area contributed by atoms with Gasteiger partial charge in [0.15, 0.2) is 0 Å². The fourth-order valence-electron chi connectivity index (χ4n) is 1.24. The summed E-state index contributed by atoms with van der Waals surface area (Å²) in [4.78, 5) is 0. The summed E-state index contributed by atoms with van der Waals surface area (Å²) in [6.45, 7) is 6.23. The highest BCUT2D eigenvalue weighted by atomic mass is 14.8. The molecular formula is C8H20N2. The first kappa shape index (κ1) is 9.92. The van der Waals surface area contributed by atoms with E-state index in [9.17, 15) is 0 Å². The van der Waals surface area contributed by atoms with Gasteiger partial charge in [0.2, 0.25) is 0 Å². The van der Waals surface area contributed by atoms with Crippen molar-refractivity contribution in [3.05, 3.63) is 0 Å². The maximum Gasteiger partial charge on any atom is 0.00167 e. The molecule has 0 atom stereocenters. The van der Waals surface area contributed by atoms with E-state index in [1.807, 2.05) is 7.05 Å². The van der Waals surface area contributed by atoms with Crippen LogP contribution in [0.5, 0.6) is 0 Å². The van der Waals surface area contributed by atoms with Crippen LogP contribution in [0.25, 0.3) is 0 Å². The summed E-state index contributed by atoms with van der Waals surface area (Å²) >= 11 is 0. The third-order valence-corrected chi connectivity index (χ3v) is 2.48. The summed E-state index contributed by atoms with van der Waals surface area (Å²) in [6, 6.07) is 0. The Balaban J connectivity index is 3.87. The average molecular weight is 144 g/mol. The maximum atomic E-state index is 5.67. The number of hydrogen-bond donors (Lipinski definition) is 2. The second kappa shape index (κ2) is 4.69. The van der Waals surface area contributed by atoms with Gasteiger partial charge in [0, 0.05) is 6.54 Å². The Morgan fingerprint density at radius 2 is 1.80 bits per heavy atom. The fraction of sp³-hybridized carbons (Fsp3) is 1.00. The minimum Gasteiger partial charge on any atom is -0.330 e. The zero-order valence-electron chi connectivity index (χ0n) is 7.41. The molecule has 0 spiro atoms. The van der Waals surface area contributed by atoms with Crippen molar-refractivity contribution in [1.29, 1.82) is 0 Å². The number of hydrogen-bond acceptors (Lipinski definition) is 2. The number of rotatable bonds is 5. The lowest BCUT2D eigenvalue weighted by Gasteiger charge is -2.29. The summed E-state index contributed by atoms with van der Waals surface area (Å²) in [5.74, 6) is 0. The van der Waals surface area contributed by atoms with E-state index in [1.165, 1.54) is 12.8 Å². The van der Waals surface area contributed by atoms with Crippen molar-refractivity contribution in [3.8, 4) is 0 Å². The lowest BCUT2D eigenvalue weighted by Crippen LogP contribution is -2.38. The van der Waals surface area contributed by atoms with Crippen LogP contribution in [-0.4, -0.2) is 20.1 Å². The highest BCUT2D eigenvalue weighted by Crippen LogP contribution is 2.22. The molecule has 0 rings (SSSR count). The predicted octanol–water partition coefficient (Wildman–Crippen LogP) is 0.971. The van der Waals surface area contributed by atoms with Gasteiger partial charge in [-0.25, -0.2) is 0 Å². The van der Waals surface area contributed by atoms with Gasteiger partial charge in [0.25, 0.3) is 0 Å². The second-order valence-corrected chi connectivity index (χ2v) is 2.94. The van der Waals surface area contributed by atoms with Crippen LogP contribution in [0.1, 0.15) is 26.7 Å². The maximum absolute atomic E-state index is 5.67. The van der Waals surface area contributed by atoms with Crippen LogP contribution < -0.4 is 11.1 Å². The van der Waals surface area contributed by atoms with Gasteiger partial charge in [-0.2, -0.15) is 0 Å². The van der Waals surface area contributed by atoms with Crippen LogP contribution in [0.2, 0.25) is 0 Å². The molecule has 0 radical (unpaired) electrons. The summed E-state index contributed by atoms with van der Waals surface area (Å²) in [5.41, 5.74) is 6.02. The van der Waals surface area contributed by atoms with Gasteiger partial charge in [-0.05, 0) is 31.8 Å². The van der Waals surface area contributed by atoms with Crippen LogP contribution in [0, 0.1) is 5.41 Å². The first-order chi connectivity index (χ1) is 4.74. The summed E-state index contributed by atoms with van der Waals surface area (Å²) < 4.78 is 0. The van der Waals surface area contributed by atoms with E-state index in [0.29, 0.717) is 5.41 Å². The highest BCUT2D eigenvalue weighted by Gasteiger charge is 2.22. The molecule has 0 unspecified atom stereocenters. The molecule has 0 aliphatic rings. The molecule has 0 heterocycles. The van der Waals surface area contributed by atoms with Crippen molar-refractivity contribution in [2.75, 3.05) is 20.1 Å². The molecule has 0 saturated heterocycles. The monoisotopic (exact) mass is 144 g/mol. The number of nitrogens with one attached hydrogen (secondary N) is 1.